The van der Waals surface area contributed by atoms with Crippen LogP contribution >= 0.6 is 11.3 Å². The number of hydrogen-bond acceptors (Lipinski definition) is 4. The minimum atomic E-state index is 0.533. The predicted octanol–water partition coefficient (Wildman–Crippen LogP) is 5.47. The average Bonchev–Trinajstić information content (AvgIpc) is 3.12. The van der Waals surface area contributed by atoms with Gasteiger partial charge in [-0.2, -0.15) is 0 Å². The minimum absolute atomic E-state index is 0.533. The first-order chi connectivity index (χ1) is 11.6. The van der Waals surface area contributed by atoms with Crippen LogP contribution in [0.25, 0.3) is 10.4 Å². The summed E-state index contributed by atoms with van der Waals surface area (Å²) in [6, 6.07) is 16.2. The Labute approximate surface area is 147 Å². The maximum Gasteiger partial charge on any atom is 0.160 e. The summed E-state index contributed by atoms with van der Waals surface area (Å²) in [4.78, 5) is 16.4. The fourth-order valence-corrected chi connectivity index (χ4v) is 2.96. The molecular weight excluding hydrogens is 316 g/mol. The van der Waals surface area contributed by atoms with Gasteiger partial charge in [-0.15, -0.1) is 11.3 Å². The van der Waals surface area contributed by atoms with Crippen LogP contribution in [0, 0.1) is 0 Å². The largest absolute Gasteiger partial charge is 0.388 e. The number of nitrogens with zero attached hydrogens (tertiary/aromatic N) is 1. The van der Waals surface area contributed by atoms with Gasteiger partial charge in [0.05, 0.1) is 4.88 Å². The molecular formula is C20H22N2OS. The second-order valence-electron chi connectivity index (χ2n) is 5.59. The first-order valence-electron chi connectivity index (χ1n) is 7.87. The molecule has 0 bridgehead atoms. The second-order valence-corrected chi connectivity index (χ2v) is 6.70. The number of carbonyl (C=O) groups excluding carboxylic acids is 1. The third-order valence-electron chi connectivity index (χ3n) is 3.55. The minimum Gasteiger partial charge on any atom is -0.388 e. The zero-order chi connectivity index (χ0) is 17.4. The summed E-state index contributed by atoms with van der Waals surface area (Å²) < 4.78 is 0. The first-order valence-corrected chi connectivity index (χ1v) is 8.68. The van der Waals surface area contributed by atoms with Gasteiger partial charge in [0.15, 0.2) is 6.29 Å². The van der Waals surface area contributed by atoms with Crippen LogP contribution < -0.4 is 5.32 Å². The maximum absolute atomic E-state index is 10.6. The zero-order valence-electron chi connectivity index (χ0n) is 14.2. The van der Waals surface area contributed by atoms with Crippen molar-refractivity contribution in [3.8, 4) is 10.4 Å². The van der Waals surface area contributed by atoms with Crippen LogP contribution in [0.3, 0.4) is 0 Å². The first kappa shape index (κ1) is 17.9. The number of nitrogens with one attached hydrogen (secondary N) is 1. The highest BCUT2D eigenvalue weighted by Crippen LogP contribution is 2.29. The summed E-state index contributed by atoms with van der Waals surface area (Å²) in [6.45, 7) is 4.37. The second kappa shape index (κ2) is 8.99. The van der Waals surface area contributed by atoms with Crippen molar-refractivity contribution in [2.75, 3.05) is 12.4 Å². The number of pyridine rings is 1. The van der Waals surface area contributed by atoms with Gasteiger partial charge in [0, 0.05) is 30.0 Å². The molecule has 3 aromatic rings. The zero-order valence-corrected chi connectivity index (χ0v) is 15.0. The van der Waals surface area contributed by atoms with Crippen molar-refractivity contribution in [3.63, 3.8) is 0 Å². The van der Waals surface area contributed by atoms with Crippen LogP contribution in [-0.4, -0.2) is 18.3 Å². The van der Waals surface area contributed by atoms with E-state index in [9.17, 15) is 4.79 Å². The molecule has 3 rings (SSSR count). The Bertz CT molecular complexity index is 766. The number of thiophene rings is 1. The van der Waals surface area contributed by atoms with Crippen molar-refractivity contribution < 1.29 is 4.79 Å². The average molecular weight is 338 g/mol. The summed E-state index contributed by atoms with van der Waals surface area (Å²) >= 11 is 1.54. The summed E-state index contributed by atoms with van der Waals surface area (Å²) in [6.07, 6.45) is 4.41. The Hall–Kier alpha value is -2.46. The number of anilines is 1. The maximum atomic E-state index is 10.6. The lowest BCUT2D eigenvalue weighted by molar-refractivity contribution is 0.112. The van der Waals surface area contributed by atoms with E-state index in [2.05, 4.69) is 48.4 Å². The normalized spacial score (nSPS) is 10.0. The SMILES string of the molecule is CC(C)c1cccc(-c2ccc(C=O)s2)c1.CNc1ccncc1. The van der Waals surface area contributed by atoms with Crippen LogP contribution in [0.4, 0.5) is 5.69 Å². The molecule has 1 N–H and O–H groups in total. The molecule has 1 aromatic carbocycles. The van der Waals surface area contributed by atoms with Crippen LogP contribution in [-0.2, 0) is 0 Å². The molecule has 2 aromatic heterocycles. The lowest BCUT2D eigenvalue weighted by Crippen LogP contribution is -1.86. The van der Waals surface area contributed by atoms with E-state index in [4.69, 9.17) is 0 Å². The van der Waals surface area contributed by atoms with E-state index in [1.807, 2.05) is 31.3 Å². The van der Waals surface area contributed by atoms with Crippen molar-refractivity contribution >= 4 is 23.3 Å². The molecule has 0 spiro atoms. The van der Waals surface area contributed by atoms with Crippen LogP contribution in [0.2, 0.25) is 0 Å². The number of aromatic nitrogens is 1. The van der Waals surface area contributed by atoms with E-state index in [1.54, 1.807) is 12.4 Å². The van der Waals surface area contributed by atoms with Gasteiger partial charge in [0.2, 0.25) is 0 Å². The van der Waals surface area contributed by atoms with Crippen LogP contribution in [0.5, 0.6) is 0 Å². The molecule has 3 nitrogen and oxygen atoms in total. The quantitative estimate of drug-likeness (QED) is 0.641. The van der Waals surface area contributed by atoms with Gasteiger partial charge in [-0.3, -0.25) is 9.78 Å². The molecule has 0 fully saturated rings. The van der Waals surface area contributed by atoms with Crippen molar-refractivity contribution in [3.05, 3.63) is 71.4 Å². The monoisotopic (exact) mass is 338 g/mol. The molecule has 0 aliphatic carbocycles. The van der Waals surface area contributed by atoms with Crippen molar-refractivity contribution in [1.82, 2.24) is 4.98 Å². The van der Waals surface area contributed by atoms with E-state index in [0.717, 1.165) is 21.7 Å². The van der Waals surface area contributed by atoms with Crippen molar-refractivity contribution in [2.45, 2.75) is 19.8 Å². The molecule has 0 amide bonds. The van der Waals surface area contributed by atoms with E-state index in [1.165, 1.54) is 22.5 Å². The number of benzene rings is 1. The van der Waals surface area contributed by atoms with Gasteiger partial charge in [0.1, 0.15) is 0 Å². The highest BCUT2D eigenvalue weighted by atomic mass is 32.1. The van der Waals surface area contributed by atoms with Gasteiger partial charge < -0.3 is 5.32 Å². The summed E-state index contributed by atoms with van der Waals surface area (Å²) in [5.41, 5.74) is 3.63. The molecule has 0 atom stereocenters. The molecule has 124 valence electrons. The Balaban J connectivity index is 0.000000219. The summed E-state index contributed by atoms with van der Waals surface area (Å²) in [5, 5.41) is 2.99. The number of rotatable bonds is 4. The highest BCUT2D eigenvalue weighted by Gasteiger charge is 2.04. The summed E-state index contributed by atoms with van der Waals surface area (Å²) in [7, 11) is 1.88. The Morgan fingerprint density at radius 2 is 1.83 bits per heavy atom. The van der Waals surface area contributed by atoms with Crippen LogP contribution in [0.1, 0.15) is 35.0 Å². The van der Waals surface area contributed by atoms with E-state index in [-0.39, 0.29) is 0 Å². The van der Waals surface area contributed by atoms with E-state index < -0.39 is 0 Å². The number of hydrogen-bond donors (Lipinski definition) is 1. The van der Waals surface area contributed by atoms with Crippen LogP contribution in [0.15, 0.2) is 60.9 Å². The van der Waals surface area contributed by atoms with Crippen molar-refractivity contribution in [2.24, 2.45) is 0 Å². The van der Waals surface area contributed by atoms with E-state index >= 15 is 0 Å². The van der Waals surface area contributed by atoms with Gasteiger partial charge in [-0.25, -0.2) is 0 Å². The standard InChI is InChI=1S/C14H14OS.C6H8N2/c1-10(2)11-4-3-5-12(8-11)14-7-6-13(9-15)16-14;1-7-6-2-4-8-5-3-6/h3-10H,1-2H3;2-5H,1H3,(H,7,8). The number of aldehydes is 1. The molecule has 2 heterocycles. The molecule has 0 aliphatic rings. The smallest absolute Gasteiger partial charge is 0.160 e. The molecule has 0 radical (unpaired) electrons. The third-order valence-corrected chi connectivity index (χ3v) is 4.61. The third kappa shape index (κ3) is 5.03. The van der Waals surface area contributed by atoms with Crippen molar-refractivity contribution in [1.29, 1.82) is 0 Å². The summed E-state index contributed by atoms with van der Waals surface area (Å²) in [5.74, 6) is 0.533. The molecule has 4 heteroatoms. The topological polar surface area (TPSA) is 42.0 Å². The Morgan fingerprint density at radius 3 is 2.38 bits per heavy atom. The highest BCUT2D eigenvalue weighted by molar-refractivity contribution is 7.17. The number of carbonyl (C=O) groups is 1. The predicted molar refractivity (Wildman–Crippen MR) is 103 cm³/mol. The van der Waals surface area contributed by atoms with Gasteiger partial charge in [-0.05, 0) is 41.3 Å². The molecule has 24 heavy (non-hydrogen) atoms. The molecule has 0 saturated carbocycles. The van der Waals surface area contributed by atoms with Gasteiger partial charge in [-0.1, -0.05) is 38.1 Å². The van der Waals surface area contributed by atoms with Gasteiger partial charge >= 0.3 is 0 Å². The fraction of sp³-hybridized carbons (Fsp3) is 0.200. The Kier molecular flexibility index (Phi) is 6.70. The van der Waals surface area contributed by atoms with Gasteiger partial charge in [0.25, 0.3) is 0 Å². The lowest BCUT2D eigenvalue weighted by Gasteiger charge is -2.06. The molecule has 0 aliphatic heterocycles. The lowest BCUT2D eigenvalue weighted by atomic mass is 10.0. The van der Waals surface area contributed by atoms with E-state index in [0.29, 0.717) is 5.92 Å². The molecule has 0 unspecified atom stereocenters. The Morgan fingerprint density at radius 1 is 1.08 bits per heavy atom. The fourth-order valence-electron chi connectivity index (χ4n) is 2.14. The molecule has 0 saturated heterocycles.